The summed E-state index contributed by atoms with van der Waals surface area (Å²) < 4.78 is 1.13. The normalized spacial score (nSPS) is 12.0. The molecular weight excluding hydrogens is 397 g/mol. The van der Waals surface area contributed by atoms with Crippen LogP contribution < -0.4 is 0 Å². The lowest BCUT2D eigenvalue weighted by Gasteiger charge is -2.25. The highest BCUT2D eigenvalue weighted by Gasteiger charge is 2.17. The molecule has 0 saturated carbocycles. The Morgan fingerprint density at radius 1 is 1.14 bits per heavy atom. The Morgan fingerprint density at radius 2 is 1.71 bits per heavy atom. The highest BCUT2D eigenvalue weighted by atomic mass is 127. The van der Waals surface area contributed by atoms with E-state index in [9.17, 15) is 4.79 Å². The molecule has 0 aromatic heterocycles. The summed E-state index contributed by atoms with van der Waals surface area (Å²) in [4.78, 5) is 14.2. The molecule has 0 bridgehead atoms. The van der Waals surface area contributed by atoms with Crippen LogP contribution in [0.5, 0.6) is 0 Å². The summed E-state index contributed by atoms with van der Waals surface area (Å²) in [7, 11) is 1.85. The first-order valence-corrected chi connectivity index (χ1v) is 8.20. The van der Waals surface area contributed by atoms with Gasteiger partial charge in [0.25, 0.3) is 5.91 Å². The first kappa shape index (κ1) is 16.3. The minimum Gasteiger partial charge on any atom is -0.339 e. The molecule has 0 aliphatic carbocycles. The van der Waals surface area contributed by atoms with Crippen LogP contribution in [0.15, 0.2) is 48.5 Å². The van der Waals surface area contributed by atoms with Gasteiger partial charge < -0.3 is 4.90 Å². The van der Waals surface area contributed by atoms with Crippen molar-refractivity contribution in [1.29, 1.82) is 0 Å². The van der Waals surface area contributed by atoms with E-state index in [1.807, 2.05) is 55.6 Å². The fraction of sp³-hybridized carbons (Fsp3) is 0.235. The van der Waals surface area contributed by atoms with Crippen LogP contribution in [0.1, 0.15) is 22.8 Å². The number of carbonyl (C=O) groups is 1. The van der Waals surface area contributed by atoms with Crippen molar-refractivity contribution in [3.05, 3.63) is 68.3 Å². The van der Waals surface area contributed by atoms with Gasteiger partial charge in [0, 0.05) is 27.2 Å². The molecule has 1 amide bonds. The SMILES string of the molecule is CC(Cc1ccc(Cl)cc1)N(C)C(=O)c1ccc(I)cc1. The van der Waals surface area contributed by atoms with Gasteiger partial charge in [-0.1, -0.05) is 23.7 Å². The fourth-order valence-electron chi connectivity index (χ4n) is 2.09. The van der Waals surface area contributed by atoms with Crippen LogP contribution in [0, 0.1) is 3.57 Å². The Balaban J connectivity index is 2.04. The molecule has 21 heavy (non-hydrogen) atoms. The average Bonchev–Trinajstić information content (AvgIpc) is 2.49. The zero-order chi connectivity index (χ0) is 15.4. The Morgan fingerprint density at radius 3 is 2.29 bits per heavy atom. The van der Waals surface area contributed by atoms with E-state index in [1.165, 1.54) is 5.56 Å². The van der Waals surface area contributed by atoms with Gasteiger partial charge in [0.05, 0.1) is 0 Å². The van der Waals surface area contributed by atoms with Gasteiger partial charge in [0.2, 0.25) is 0 Å². The van der Waals surface area contributed by atoms with Gasteiger partial charge in [-0.3, -0.25) is 4.79 Å². The number of hydrogen-bond donors (Lipinski definition) is 0. The topological polar surface area (TPSA) is 20.3 Å². The number of halogens is 2. The molecule has 0 saturated heterocycles. The van der Waals surface area contributed by atoms with Crippen molar-refractivity contribution in [2.45, 2.75) is 19.4 Å². The van der Waals surface area contributed by atoms with Crippen LogP contribution in [-0.2, 0) is 6.42 Å². The minimum absolute atomic E-state index is 0.0489. The quantitative estimate of drug-likeness (QED) is 0.668. The molecule has 2 aromatic rings. The van der Waals surface area contributed by atoms with E-state index in [4.69, 9.17) is 11.6 Å². The fourth-order valence-corrected chi connectivity index (χ4v) is 2.58. The summed E-state index contributed by atoms with van der Waals surface area (Å²) in [6.45, 7) is 2.05. The highest BCUT2D eigenvalue weighted by Crippen LogP contribution is 2.15. The number of carbonyl (C=O) groups excluding carboxylic acids is 1. The molecular formula is C17H17ClINO. The lowest BCUT2D eigenvalue weighted by atomic mass is 10.1. The number of benzene rings is 2. The number of nitrogens with zero attached hydrogens (tertiary/aromatic N) is 1. The maximum absolute atomic E-state index is 12.4. The zero-order valence-corrected chi connectivity index (χ0v) is 14.9. The molecule has 1 atom stereocenters. The summed E-state index contributed by atoms with van der Waals surface area (Å²) in [6, 6.07) is 15.5. The van der Waals surface area contributed by atoms with Gasteiger partial charge in [-0.05, 0) is 77.9 Å². The maximum atomic E-state index is 12.4. The lowest BCUT2D eigenvalue weighted by Crippen LogP contribution is -2.36. The van der Waals surface area contributed by atoms with Crippen molar-refractivity contribution in [3.63, 3.8) is 0 Å². The Kier molecular flexibility index (Phi) is 5.65. The Bertz CT molecular complexity index is 610. The van der Waals surface area contributed by atoms with Crippen molar-refractivity contribution in [2.24, 2.45) is 0 Å². The standard InChI is InChI=1S/C17H17ClINO/c1-12(11-13-3-7-15(18)8-4-13)20(2)17(21)14-5-9-16(19)10-6-14/h3-10,12H,11H2,1-2H3. The van der Waals surface area contributed by atoms with E-state index in [0.717, 1.165) is 20.6 Å². The highest BCUT2D eigenvalue weighted by molar-refractivity contribution is 14.1. The number of amides is 1. The molecule has 2 aromatic carbocycles. The third-order valence-corrected chi connectivity index (χ3v) is 4.49. The largest absolute Gasteiger partial charge is 0.339 e. The van der Waals surface area contributed by atoms with E-state index in [1.54, 1.807) is 4.90 Å². The summed E-state index contributed by atoms with van der Waals surface area (Å²) in [5.74, 6) is 0.0489. The second-order valence-corrected chi connectivity index (χ2v) is 6.78. The second kappa shape index (κ2) is 7.27. The third-order valence-electron chi connectivity index (χ3n) is 3.52. The molecule has 0 spiro atoms. The molecule has 0 heterocycles. The predicted octanol–water partition coefficient (Wildman–Crippen LogP) is 4.65. The molecule has 4 heteroatoms. The molecule has 110 valence electrons. The van der Waals surface area contributed by atoms with Crippen LogP contribution in [-0.4, -0.2) is 23.9 Å². The van der Waals surface area contributed by atoms with E-state index >= 15 is 0 Å². The number of likely N-dealkylation sites (N-methyl/N-ethyl adjacent to an activating group) is 1. The van der Waals surface area contributed by atoms with Crippen LogP contribution >= 0.6 is 34.2 Å². The maximum Gasteiger partial charge on any atom is 0.253 e. The molecule has 0 N–H and O–H groups in total. The summed E-state index contributed by atoms with van der Waals surface area (Å²) in [6.07, 6.45) is 0.809. The monoisotopic (exact) mass is 413 g/mol. The van der Waals surface area contributed by atoms with Gasteiger partial charge in [-0.15, -0.1) is 0 Å². The first-order chi connectivity index (χ1) is 9.97. The van der Waals surface area contributed by atoms with E-state index < -0.39 is 0 Å². The van der Waals surface area contributed by atoms with E-state index in [-0.39, 0.29) is 11.9 Å². The van der Waals surface area contributed by atoms with Crippen LogP contribution in [0.3, 0.4) is 0 Å². The molecule has 0 fully saturated rings. The van der Waals surface area contributed by atoms with E-state index in [0.29, 0.717) is 0 Å². The number of rotatable bonds is 4. The molecule has 1 unspecified atom stereocenters. The van der Waals surface area contributed by atoms with Crippen molar-refractivity contribution >= 4 is 40.1 Å². The summed E-state index contributed by atoms with van der Waals surface area (Å²) in [5, 5.41) is 0.731. The molecule has 0 aliphatic rings. The molecule has 0 radical (unpaired) electrons. The van der Waals surface area contributed by atoms with Gasteiger partial charge in [0.1, 0.15) is 0 Å². The van der Waals surface area contributed by atoms with Crippen molar-refractivity contribution < 1.29 is 4.79 Å². The van der Waals surface area contributed by atoms with Crippen LogP contribution in [0.2, 0.25) is 5.02 Å². The Hall–Kier alpha value is -1.07. The molecule has 0 aliphatic heterocycles. The average molecular weight is 414 g/mol. The van der Waals surface area contributed by atoms with E-state index in [2.05, 4.69) is 29.5 Å². The second-order valence-electron chi connectivity index (χ2n) is 5.10. The smallest absolute Gasteiger partial charge is 0.253 e. The lowest BCUT2D eigenvalue weighted by molar-refractivity contribution is 0.0743. The minimum atomic E-state index is 0.0489. The third kappa shape index (κ3) is 4.45. The predicted molar refractivity (Wildman–Crippen MR) is 95.9 cm³/mol. The van der Waals surface area contributed by atoms with Gasteiger partial charge in [-0.2, -0.15) is 0 Å². The van der Waals surface area contributed by atoms with Crippen LogP contribution in [0.25, 0.3) is 0 Å². The zero-order valence-electron chi connectivity index (χ0n) is 12.0. The summed E-state index contributed by atoms with van der Waals surface area (Å²) >= 11 is 8.12. The van der Waals surface area contributed by atoms with Crippen molar-refractivity contribution in [1.82, 2.24) is 4.90 Å². The Labute approximate surface area is 144 Å². The van der Waals surface area contributed by atoms with Crippen molar-refractivity contribution in [3.8, 4) is 0 Å². The van der Waals surface area contributed by atoms with Crippen molar-refractivity contribution in [2.75, 3.05) is 7.05 Å². The first-order valence-electron chi connectivity index (χ1n) is 6.74. The van der Waals surface area contributed by atoms with Gasteiger partial charge >= 0.3 is 0 Å². The molecule has 2 rings (SSSR count). The van der Waals surface area contributed by atoms with Gasteiger partial charge in [-0.25, -0.2) is 0 Å². The summed E-state index contributed by atoms with van der Waals surface area (Å²) in [5.41, 5.74) is 1.90. The van der Waals surface area contributed by atoms with Crippen LogP contribution in [0.4, 0.5) is 0 Å². The molecule has 2 nitrogen and oxygen atoms in total. The van der Waals surface area contributed by atoms with Gasteiger partial charge in [0.15, 0.2) is 0 Å². The number of hydrogen-bond acceptors (Lipinski definition) is 1.